The van der Waals surface area contributed by atoms with E-state index in [1.165, 1.54) is 6.92 Å². The van der Waals surface area contributed by atoms with Gasteiger partial charge in [-0.15, -0.1) is 0 Å². The van der Waals surface area contributed by atoms with Crippen molar-refractivity contribution in [1.82, 2.24) is 0 Å². The summed E-state index contributed by atoms with van der Waals surface area (Å²) >= 11 is 0. The average Bonchev–Trinajstić information content (AvgIpc) is 1.62. The minimum atomic E-state index is -4.34. The van der Waals surface area contributed by atoms with Crippen LogP contribution in [0.4, 0.5) is 0 Å². The molecule has 0 bridgehead atoms. The Morgan fingerprint density at radius 1 is 1.62 bits per heavy atom. The van der Waals surface area contributed by atoms with Crippen LogP contribution in [0.1, 0.15) is 6.92 Å². The molecule has 4 nitrogen and oxygen atoms in total. The first-order chi connectivity index (χ1) is 3.48. The van der Waals surface area contributed by atoms with Crippen molar-refractivity contribution in [1.29, 1.82) is 0 Å². The third-order valence-corrected chi connectivity index (χ3v) is 1.28. The summed E-state index contributed by atoms with van der Waals surface area (Å²) in [6, 6.07) is 0. The van der Waals surface area contributed by atoms with E-state index in [1.807, 2.05) is 0 Å². The normalized spacial score (nSPS) is 14.0. The molecular formula is C3H6O4S. The molecule has 0 rings (SSSR count). The number of hydrogen-bond donors (Lipinski definition) is 2. The van der Waals surface area contributed by atoms with Gasteiger partial charge in [0.2, 0.25) is 5.09 Å². The highest BCUT2D eigenvalue weighted by atomic mass is 32.2. The highest BCUT2D eigenvalue weighted by Gasteiger charge is 2.07. The van der Waals surface area contributed by atoms with Gasteiger partial charge in [-0.25, -0.2) is 0 Å². The van der Waals surface area contributed by atoms with Crippen molar-refractivity contribution in [3.05, 3.63) is 11.2 Å². The van der Waals surface area contributed by atoms with Gasteiger partial charge in [-0.3, -0.25) is 4.55 Å². The maximum Gasteiger partial charge on any atom is 0.327 e. The molecule has 0 saturated carbocycles. The average molecular weight is 138 g/mol. The van der Waals surface area contributed by atoms with E-state index in [2.05, 4.69) is 0 Å². The molecule has 0 radical (unpaired) electrons. The molecule has 5 heteroatoms. The van der Waals surface area contributed by atoms with Gasteiger partial charge in [0.15, 0.2) is 0 Å². The molecule has 8 heavy (non-hydrogen) atoms. The summed E-state index contributed by atoms with van der Waals surface area (Å²) in [5, 5.41) is 7.20. The maximum absolute atomic E-state index is 9.80. The van der Waals surface area contributed by atoms with E-state index in [0.29, 0.717) is 0 Å². The minimum absolute atomic E-state index is 0.884. The van der Waals surface area contributed by atoms with E-state index in [1.54, 1.807) is 0 Å². The van der Waals surface area contributed by atoms with Crippen LogP contribution in [0, 0.1) is 0 Å². The molecule has 0 aliphatic heterocycles. The van der Waals surface area contributed by atoms with Crippen molar-refractivity contribution in [2.75, 3.05) is 0 Å². The molecule has 0 aliphatic rings. The fourth-order valence-corrected chi connectivity index (χ4v) is 0.447. The molecule has 0 aromatic heterocycles. The van der Waals surface area contributed by atoms with Crippen molar-refractivity contribution >= 4 is 10.1 Å². The Hall–Kier alpha value is -0.550. The molecule has 0 fully saturated rings. The fraction of sp³-hybridized carbons (Fsp3) is 0.333. The summed E-state index contributed by atoms with van der Waals surface area (Å²) in [4.78, 5) is 0. The zero-order valence-corrected chi connectivity index (χ0v) is 5.01. The summed E-state index contributed by atoms with van der Waals surface area (Å²) in [6.07, 6.45) is 0.884. The van der Waals surface area contributed by atoms with Crippen LogP contribution in [-0.2, 0) is 10.1 Å². The number of allylic oxidation sites excluding steroid dienone is 1. The Morgan fingerprint density at radius 2 is 2.00 bits per heavy atom. The predicted octanol–water partition coefficient (Wildman–Crippen LogP) is 0.294. The predicted molar refractivity (Wildman–Crippen MR) is 27.9 cm³/mol. The van der Waals surface area contributed by atoms with Crippen LogP contribution in [0.3, 0.4) is 0 Å². The second kappa shape index (κ2) is 2.15. The maximum atomic E-state index is 9.80. The number of aliphatic hydroxyl groups is 1. The molecule has 0 aromatic rings. The Balaban J connectivity index is 4.55. The van der Waals surface area contributed by atoms with Gasteiger partial charge in [0.05, 0.1) is 0 Å². The van der Waals surface area contributed by atoms with Gasteiger partial charge in [0.1, 0.15) is 0 Å². The quantitative estimate of drug-likeness (QED) is 0.403. The second-order valence-electron chi connectivity index (χ2n) is 1.10. The summed E-state index contributed by atoms with van der Waals surface area (Å²) in [6.45, 7) is 1.29. The smallest absolute Gasteiger partial charge is 0.327 e. The molecule has 0 amide bonds. The van der Waals surface area contributed by atoms with Gasteiger partial charge in [0.25, 0.3) is 0 Å². The Kier molecular flexibility index (Phi) is 2.00. The first-order valence-corrected chi connectivity index (χ1v) is 3.25. The Morgan fingerprint density at radius 3 is 2.00 bits per heavy atom. The molecule has 2 N–H and O–H groups in total. The first-order valence-electron chi connectivity index (χ1n) is 1.81. The monoisotopic (exact) mass is 138 g/mol. The van der Waals surface area contributed by atoms with Crippen molar-refractivity contribution in [2.24, 2.45) is 0 Å². The van der Waals surface area contributed by atoms with E-state index in [9.17, 15) is 8.42 Å². The molecule has 48 valence electrons. The number of hydrogen-bond acceptors (Lipinski definition) is 3. The van der Waals surface area contributed by atoms with Gasteiger partial charge >= 0.3 is 10.1 Å². The van der Waals surface area contributed by atoms with Crippen molar-refractivity contribution in [2.45, 2.75) is 6.92 Å². The van der Waals surface area contributed by atoms with Crippen molar-refractivity contribution < 1.29 is 18.1 Å². The molecule has 0 unspecified atom stereocenters. The topological polar surface area (TPSA) is 74.6 Å². The molecular weight excluding hydrogens is 132 g/mol. The van der Waals surface area contributed by atoms with Gasteiger partial charge in [-0.1, -0.05) is 0 Å². The highest BCUT2D eigenvalue weighted by Crippen LogP contribution is 1.95. The Bertz CT molecular complexity index is 187. The lowest BCUT2D eigenvalue weighted by Crippen LogP contribution is -1.99. The molecule has 0 aliphatic carbocycles. The van der Waals surface area contributed by atoms with Crippen molar-refractivity contribution in [3.8, 4) is 0 Å². The van der Waals surface area contributed by atoms with Crippen LogP contribution >= 0.6 is 0 Å². The second-order valence-corrected chi connectivity index (χ2v) is 2.47. The summed E-state index contributed by atoms with van der Waals surface area (Å²) in [5.41, 5.74) is 0. The molecule has 0 spiro atoms. The van der Waals surface area contributed by atoms with E-state index < -0.39 is 15.2 Å². The molecule has 0 heterocycles. The highest BCUT2D eigenvalue weighted by molar-refractivity contribution is 7.89. The fourth-order valence-electron chi connectivity index (χ4n) is 0.149. The van der Waals surface area contributed by atoms with E-state index in [4.69, 9.17) is 9.66 Å². The van der Waals surface area contributed by atoms with E-state index in [0.717, 1.165) is 6.08 Å². The molecule has 0 atom stereocenters. The third-order valence-electron chi connectivity index (χ3n) is 0.511. The summed E-state index contributed by atoms with van der Waals surface area (Å²) < 4.78 is 27.5. The van der Waals surface area contributed by atoms with E-state index >= 15 is 0 Å². The number of rotatable bonds is 1. The summed E-state index contributed by atoms with van der Waals surface area (Å²) in [7, 11) is -4.34. The van der Waals surface area contributed by atoms with E-state index in [-0.39, 0.29) is 0 Å². The lowest BCUT2D eigenvalue weighted by atomic mass is 10.7. The molecule has 0 aromatic carbocycles. The van der Waals surface area contributed by atoms with Gasteiger partial charge in [0, 0.05) is 0 Å². The Labute approximate surface area is 47.2 Å². The molecule has 0 saturated heterocycles. The van der Waals surface area contributed by atoms with Crippen LogP contribution in [0.25, 0.3) is 0 Å². The first kappa shape index (κ1) is 7.45. The van der Waals surface area contributed by atoms with Gasteiger partial charge < -0.3 is 5.11 Å². The number of aliphatic hydroxyl groups excluding tert-OH is 1. The van der Waals surface area contributed by atoms with Crippen LogP contribution in [-0.4, -0.2) is 18.1 Å². The van der Waals surface area contributed by atoms with Crippen LogP contribution in [0.5, 0.6) is 0 Å². The third kappa shape index (κ3) is 1.94. The zero-order chi connectivity index (χ0) is 6.78. The van der Waals surface area contributed by atoms with Gasteiger partial charge in [-0.05, 0) is 13.0 Å². The van der Waals surface area contributed by atoms with Crippen LogP contribution < -0.4 is 0 Å². The lowest BCUT2D eigenvalue weighted by molar-refractivity contribution is 0.405. The zero-order valence-electron chi connectivity index (χ0n) is 4.20. The van der Waals surface area contributed by atoms with Crippen LogP contribution in [0.15, 0.2) is 11.2 Å². The van der Waals surface area contributed by atoms with Crippen LogP contribution in [0.2, 0.25) is 0 Å². The summed E-state index contributed by atoms with van der Waals surface area (Å²) in [5.74, 6) is 0. The standard InChI is InChI=1S/C3H6O4S/c1-2-3(4)8(5,6)7/h2,4H,1H3,(H,5,6,7). The minimum Gasteiger partial charge on any atom is -0.497 e. The lowest BCUT2D eigenvalue weighted by Gasteiger charge is -1.88. The largest absolute Gasteiger partial charge is 0.497 e. The SMILES string of the molecule is CC=C(O)S(=O)(=O)O. The van der Waals surface area contributed by atoms with Crippen molar-refractivity contribution in [3.63, 3.8) is 0 Å². The van der Waals surface area contributed by atoms with Gasteiger partial charge in [-0.2, -0.15) is 8.42 Å².